The molecule has 1 saturated carbocycles. The summed E-state index contributed by atoms with van der Waals surface area (Å²) in [4.78, 5) is 13.3. The molecule has 220 valence electrons. The molecule has 0 unspecified atom stereocenters. The van der Waals surface area contributed by atoms with Gasteiger partial charge in [-0.2, -0.15) is 5.10 Å². The highest BCUT2D eigenvalue weighted by Crippen LogP contribution is 2.41. The molecule has 10 heteroatoms. The number of benzene rings is 3. The van der Waals surface area contributed by atoms with Crippen molar-refractivity contribution in [3.63, 3.8) is 0 Å². The van der Waals surface area contributed by atoms with Gasteiger partial charge in [-0.25, -0.2) is 12.7 Å². The van der Waals surface area contributed by atoms with E-state index in [1.807, 2.05) is 24.3 Å². The van der Waals surface area contributed by atoms with Gasteiger partial charge >= 0.3 is 0 Å². The molecular formula is C33H32N4O5S. The lowest BCUT2D eigenvalue weighted by molar-refractivity contribution is 0.400. The van der Waals surface area contributed by atoms with Gasteiger partial charge in [0.2, 0.25) is 0 Å². The highest BCUT2D eigenvalue weighted by molar-refractivity contribution is 7.92. The van der Waals surface area contributed by atoms with Crippen molar-refractivity contribution in [1.82, 2.24) is 14.8 Å². The van der Waals surface area contributed by atoms with E-state index >= 15 is 0 Å². The Morgan fingerprint density at radius 3 is 2.40 bits per heavy atom. The molecule has 1 aliphatic carbocycles. The molecule has 0 aliphatic heterocycles. The molecular weight excluding hydrogens is 564 g/mol. The molecule has 1 aliphatic rings. The number of sulfonamides is 1. The van der Waals surface area contributed by atoms with E-state index in [0.29, 0.717) is 34.0 Å². The number of hydrogen-bond acceptors (Lipinski definition) is 7. The maximum absolute atomic E-state index is 14.2. The third-order valence-corrected chi connectivity index (χ3v) is 9.85. The van der Waals surface area contributed by atoms with Gasteiger partial charge in [0, 0.05) is 17.6 Å². The molecule has 1 fully saturated rings. The van der Waals surface area contributed by atoms with Crippen LogP contribution in [0.3, 0.4) is 0 Å². The Morgan fingerprint density at radius 1 is 0.953 bits per heavy atom. The second kappa shape index (κ2) is 11.5. The standard InChI is InChI=1S/C33H32N4O5S/c1-22-18-30(31(42-3)20-28(22)24-6-4-7-24)37-29-15-14-27(19-25(29)11-16-33(37)38)43(39,40)36(32-8-5-17-34-35-32)21-23-9-12-26(41-2)13-10-23/h5,8-20,24H,4,6-7,21H2,1-3H3. The highest BCUT2D eigenvalue weighted by Gasteiger charge is 2.28. The van der Waals surface area contributed by atoms with Gasteiger partial charge in [0.1, 0.15) is 11.5 Å². The van der Waals surface area contributed by atoms with Crippen LogP contribution in [0, 0.1) is 6.92 Å². The summed E-state index contributed by atoms with van der Waals surface area (Å²) in [5, 5.41) is 8.60. The van der Waals surface area contributed by atoms with Crippen molar-refractivity contribution in [1.29, 1.82) is 0 Å². The van der Waals surface area contributed by atoms with Gasteiger partial charge in [0.25, 0.3) is 15.6 Å². The molecule has 2 heterocycles. The Bertz CT molecular complexity index is 1950. The second-order valence-corrected chi connectivity index (χ2v) is 12.5. The van der Waals surface area contributed by atoms with Gasteiger partial charge in [0.05, 0.1) is 36.9 Å². The van der Waals surface area contributed by atoms with Gasteiger partial charge < -0.3 is 9.47 Å². The molecule has 0 bridgehead atoms. The first kappa shape index (κ1) is 28.4. The average Bonchev–Trinajstić information content (AvgIpc) is 3.00. The largest absolute Gasteiger partial charge is 0.497 e. The number of rotatable bonds is 9. The Kier molecular flexibility index (Phi) is 7.62. The normalized spacial score (nSPS) is 13.5. The first-order valence-electron chi connectivity index (χ1n) is 14.1. The first-order chi connectivity index (χ1) is 20.8. The summed E-state index contributed by atoms with van der Waals surface area (Å²) in [5.74, 6) is 1.97. The third-order valence-electron chi connectivity index (χ3n) is 8.11. The van der Waals surface area contributed by atoms with Gasteiger partial charge in [0.15, 0.2) is 5.82 Å². The van der Waals surface area contributed by atoms with Crippen LogP contribution in [-0.4, -0.2) is 37.4 Å². The zero-order valence-corrected chi connectivity index (χ0v) is 25.0. The average molecular weight is 597 g/mol. The third kappa shape index (κ3) is 5.34. The van der Waals surface area contributed by atoms with E-state index in [0.717, 1.165) is 24.0 Å². The van der Waals surface area contributed by atoms with Crippen LogP contribution in [0.4, 0.5) is 5.82 Å². The minimum atomic E-state index is -4.09. The zero-order valence-electron chi connectivity index (χ0n) is 24.2. The predicted octanol–water partition coefficient (Wildman–Crippen LogP) is 5.77. The number of anilines is 1. The van der Waals surface area contributed by atoms with Crippen LogP contribution < -0.4 is 19.3 Å². The van der Waals surface area contributed by atoms with Crippen molar-refractivity contribution in [2.75, 3.05) is 18.5 Å². The number of pyridine rings is 1. The molecule has 0 N–H and O–H groups in total. The molecule has 0 spiro atoms. The number of aryl methyl sites for hydroxylation is 1. The van der Waals surface area contributed by atoms with Crippen molar-refractivity contribution in [3.8, 4) is 17.2 Å². The van der Waals surface area contributed by atoms with E-state index < -0.39 is 10.0 Å². The summed E-state index contributed by atoms with van der Waals surface area (Å²) in [6.07, 6.45) is 5.01. The van der Waals surface area contributed by atoms with Crippen LogP contribution >= 0.6 is 0 Å². The highest BCUT2D eigenvalue weighted by atomic mass is 32.2. The van der Waals surface area contributed by atoms with E-state index in [1.165, 1.54) is 34.6 Å². The number of methoxy groups -OCH3 is 2. The van der Waals surface area contributed by atoms with Crippen LogP contribution in [0.1, 0.15) is 41.9 Å². The number of ether oxygens (including phenoxy) is 2. The predicted molar refractivity (Wildman–Crippen MR) is 166 cm³/mol. The summed E-state index contributed by atoms with van der Waals surface area (Å²) in [6, 6.07) is 22.3. The van der Waals surface area contributed by atoms with Crippen LogP contribution in [-0.2, 0) is 16.6 Å². The SMILES string of the molecule is COc1ccc(CN(c2cccnn2)S(=O)(=O)c2ccc3c(ccc(=O)n3-c3cc(C)c(C4CCC4)cc3OC)c2)cc1. The van der Waals surface area contributed by atoms with Gasteiger partial charge in [-0.05, 0) is 103 Å². The molecule has 3 aromatic carbocycles. The van der Waals surface area contributed by atoms with E-state index in [4.69, 9.17) is 9.47 Å². The van der Waals surface area contributed by atoms with Gasteiger partial charge in [-0.3, -0.25) is 9.36 Å². The van der Waals surface area contributed by atoms with Gasteiger partial charge in [-0.1, -0.05) is 18.6 Å². The molecule has 9 nitrogen and oxygen atoms in total. The Morgan fingerprint density at radius 2 is 1.74 bits per heavy atom. The zero-order chi connectivity index (χ0) is 30.1. The van der Waals surface area contributed by atoms with Crippen LogP contribution in [0.2, 0.25) is 0 Å². The number of fused-ring (bicyclic) bond motifs is 1. The maximum Gasteiger partial charge on any atom is 0.265 e. The summed E-state index contributed by atoms with van der Waals surface area (Å²) in [5.41, 5.74) is 4.04. The van der Waals surface area contributed by atoms with Crippen LogP contribution in [0.25, 0.3) is 16.6 Å². The second-order valence-electron chi connectivity index (χ2n) is 10.7. The number of nitrogens with zero attached hydrogens (tertiary/aromatic N) is 4. The lowest BCUT2D eigenvalue weighted by atomic mass is 9.78. The minimum absolute atomic E-state index is 0.0341. The molecule has 2 aromatic heterocycles. The van der Waals surface area contributed by atoms with Crippen molar-refractivity contribution in [2.45, 2.75) is 43.5 Å². The van der Waals surface area contributed by atoms with Crippen molar-refractivity contribution < 1.29 is 17.9 Å². The fourth-order valence-corrected chi connectivity index (χ4v) is 6.99. The molecule has 6 rings (SSSR count). The lowest BCUT2D eigenvalue weighted by Gasteiger charge is -2.28. The molecule has 0 radical (unpaired) electrons. The summed E-state index contributed by atoms with van der Waals surface area (Å²) in [6.45, 7) is 2.09. The van der Waals surface area contributed by atoms with Crippen molar-refractivity contribution in [3.05, 3.63) is 112 Å². The first-order valence-corrected chi connectivity index (χ1v) is 15.5. The Hall–Kier alpha value is -4.70. The lowest BCUT2D eigenvalue weighted by Crippen LogP contribution is -2.31. The van der Waals surface area contributed by atoms with E-state index in [-0.39, 0.29) is 22.8 Å². The Balaban J connectivity index is 1.44. The minimum Gasteiger partial charge on any atom is -0.497 e. The molecule has 0 saturated heterocycles. The molecule has 43 heavy (non-hydrogen) atoms. The van der Waals surface area contributed by atoms with Crippen molar-refractivity contribution in [2.24, 2.45) is 0 Å². The Labute approximate surface area is 250 Å². The fraction of sp³-hybridized carbons (Fsp3) is 0.242. The van der Waals surface area contributed by atoms with E-state index in [1.54, 1.807) is 61.3 Å². The molecule has 5 aromatic rings. The van der Waals surface area contributed by atoms with E-state index in [9.17, 15) is 13.2 Å². The number of aromatic nitrogens is 3. The topological polar surface area (TPSA) is 104 Å². The summed E-state index contributed by atoms with van der Waals surface area (Å²) in [7, 11) is -0.915. The maximum atomic E-state index is 14.2. The molecule has 0 amide bonds. The van der Waals surface area contributed by atoms with Gasteiger partial charge in [-0.15, -0.1) is 5.10 Å². The van der Waals surface area contributed by atoms with E-state index in [2.05, 4.69) is 17.1 Å². The summed E-state index contributed by atoms with van der Waals surface area (Å²) < 4.78 is 42.1. The van der Waals surface area contributed by atoms with Crippen molar-refractivity contribution >= 4 is 26.7 Å². The quantitative estimate of drug-likeness (QED) is 0.213. The monoisotopic (exact) mass is 596 g/mol. The van der Waals surface area contributed by atoms with Crippen LogP contribution in [0.5, 0.6) is 11.5 Å². The number of hydrogen-bond donors (Lipinski definition) is 0. The molecule has 0 atom stereocenters. The van der Waals surface area contributed by atoms with Crippen LogP contribution in [0.15, 0.2) is 94.7 Å². The summed E-state index contributed by atoms with van der Waals surface area (Å²) >= 11 is 0. The smallest absolute Gasteiger partial charge is 0.265 e. The fourth-order valence-electron chi connectivity index (χ4n) is 5.56.